The molecule has 0 aliphatic carbocycles. The number of carbonyl (C=O) groups excluding carboxylic acids is 2. The van der Waals surface area contributed by atoms with Crippen LogP contribution in [-0.2, 0) is 19.1 Å². The highest BCUT2D eigenvalue weighted by Crippen LogP contribution is 2.32. The zero-order valence-corrected chi connectivity index (χ0v) is 18.1. The Morgan fingerprint density at radius 1 is 0.935 bits per heavy atom. The van der Waals surface area contributed by atoms with Gasteiger partial charge in [0.25, 0.3) is 0 Å². The Hall–Kier alpha value is -3.42. The predicted octanol–water partition coefficient (Wildman–Crippen LogP) is 4.56. The van der Waals surface area contributed by atoms with Gasteiger partial charge in [0.05, 0.1) is 19.8 Å². The van der Waals surface area contributed by atoms with E-state index in [4.69, 9.17) is 21.1 Å². The van der Waals surface area contributed by atoms with Crippen molar-refractivity contribution in [2.75, 3.05) is 19.1 Å². The van der Waals surface area contributed by atoms with Gasteiger partial charge in [-0.05, 0) is 48.6 Å². The van der Waals surface area contributed by atoms with E-state index < -0.39 is 11.9 Å². The van der Waals surface area contributed by atoms with Gasteiger partial charge in [-0.1, -0.05) is 17.7 Å². The van der Waals surface area contributed by atoms with Gasteiger partial charge in [0.1, 0.15) is 5.70 Å². The Morgan fingerprint density at radius 3 is 2.32 bits per heavy atom. The first-order valence-electron chi connectivity index (χ1n) is 9.15. The quantitative estimate of drug-likeness (QED) is 0.427. The standard InChI is InChI=1S/C23H16ClNO5S/c1-29-22(27)15-5-3-4-10-25(20(15)23(28)30-2)14-7-9-19-17(12-14)21(26)16-11-13(24)6-8-18(16)31-19/h3-12H,1-2H3. The van der Waals surface area contributed by atoms with Gasteiger partial charge < -0.3 is 14.4 Å². The number of halogens is 1. The first-order chi connectivity index (χ1) is 14.9. The van der Waals surface area contributed by atoms with Crippen LogP contribution < -0.4 is 10.3 Å². The second-order valence-electron chi connectivity index (χ2n) is 6.57. The lowest BCUT2D eigenvalue weighted by molar-refractivity contribution is -0.139. The van der Waals surface area contributed by atoms with E-state index in [9.17, 15) is 14.4 Å². The molecule has 0 radical (unpaired) electrons. The molecular weight excluding hydrogens is 438 g/mol. The molecule has 0 fully saturated rings. The second kappa shape index (κ2) is 8.37. The number of anilines is 1. The predicted molar refractivity (Wildman–Crippen MR) is 122 cm³/mol. The molecule has 8 heteroatoms. The maximum Gasteiger partial charge on any atom is 0.355 e. The molecule has 0 N–H and O–H groups in total. The molecule has 2 heterocycles. The van der Waals surface area contributed by atoms with Crippen LogP contribution in [0.2, 0.25) is 5.02 Å². The number of nitrogens with zero attached hydrogens (tertiary/aromatic N) is 1. The van der Waals surface area contributed by atoms with Gasteiger partial charge in [-0.25, -0.2) is 9.59 Å². The minimum Gasteiger partial charge on any atom is -0.465 e. The summed E-state index contributed by atoms with van der Waals surface area (Å²) in [7, 11) is 2.46. The zero-order valence-electron chi connectivity index (χ0n) is 16.5. The summed E-state index contributed by atoms with van der Waals surface area (Å²) in [5, 5.41) is 1.48. The van der Waals surface area contributed by atoms with Crippen LogP contribution in [0.25, 0.3) is 20.2 Å². The van der Waals surface area contributed by atoms with Crippen molar-refractivity contribution >= 4 is 60.7 Å². The van der Waals surface area contributed by atoms with Crippen LogP contribution in [0.5, 0.6) is 0 Å². The van der Waals surface area contributed by atoms with Gasteiger partial charge in [0, 0.05) is 37.1 Å². The number of fused-ring (bicyclic) bond motifs is 2. The smallest absolute Gasteiger partial charge is 0.355 e. The monoisotopic (exact) mass is 453 g/mol. The molecule has 0 saturated carbocycles. The minimum absolute atomic E-state index is 0.0151. The Balaban J connectivity index is 1.96. The Bertz CT molecular complexity index is 1390. The molecule has 1 aromatic heterocycles. The average molecular weight is 454 g/mol. The van der Waals surface area contributed by atoms with Crippen LogP contribution in [-0.4, -0.2) is 26.2 Å². The highest BCUT2D eigenvalue weighted by atomic mass is 35.5. The van der Waals surface area contributed by atoms with Crippen LogP contribution >= 0.6 is 22.9 Å². The fourth-order valence-electron chi connectivity index (χ4n) is 3.33. The SMILES string of the molecule is COC(=O)C1=C(C(=O)OC)N(c2ccc3sc4ccc(Cl)cc4c(=O)c3c2)C=CC=C1. The molecule has 1 aliphatic heterocycles. The molecule has 2 aromatic carbocycles. The van der Waals surface area contributed by atoms with Crippen LogP contribution in [0.3, 0.4) is 0 Å². The third-order valence-corrected chi connectivity index (χ3v) is 6.17. The Kier molecular flexibility index (Phi) is 5.63. The fraction of sp³-hybridized carbons (Fsp3) is 0.0870. The van der Waals surface area contributed by atoms with Crippen LogP contribution in [0.15, 0.2) is 76.9 Å². The molecule has 0 atom stereocenters. The van der Waals surface area contributed by atoms with Gasteiger partial charge in [-0.3, -0.25) is 4.79 Å². The summed E-state index contributed by atoms with van der Waals surface area (Å²) in [5.74, 6) is -1.40. The van der Waals surface area contributed by atoms with Crippen LogP contribution in [0.1, 0.15) is 0 Å². The number of hydrogen-bond acceptors (Lipinski definition) is 7. The van der Waals surface area contributed by atoms with E-state index >= 15 is 0 Å². The van der Waals surface area contributed by atoms with Crippen LogP contribution in [0.4, 0.5) is 5.69 Å². The molecular formula is C23H16ClNO5S. The van der Waals surface area contributed by atoms with Crippen molar-refractivity contribution < 1.29 is 19.1 Å². The molecule has 0 amide bonds. The van der Waals surface area contributed by atoms with E-state index in [0.29, 0.717) is 21.5 Å². The summed E-state index contributed by atoms with van der Waals surface area (Å²) in [6, 6.07) is 10.5. The van der Waals surface area contributed by atoms with E-state index in [0.717, 1.165) is 9.40 Å². The summed E-state index contributed by atoms with van der Waals surface area (Å²) in [6.45, 7) is 0. The number of rotatable bonds is 3. The number of carbonyl (C=O) groups is 2. The molecule has 6 nitrogen and oxygen atoms in total. The van der Waals surface area contributed by atoms with E-state index in [2.05, 4.69) is 0 Å². The normalized spacial score (nSPS) is 13.6. The van der Waals surface area contributed by atoms with Crippen molar-refractivity contribution in [1.82, 2.24) is 0 Å². The topological polar surface area (TPSA) is 72.9 Å². The molecule has 31 heavy (non-hydrogen) atoms. The molecule has 0 bridgehead atoms. The molecule has 3 aromatic rings. The average Bonchev–Trinajstić information content (AvgIpc) is 3.01. The first kappa shape index (κ1) is 20.8. The molecule has 0 spiro atoms. The van der Waals surface area contributed by atoms with E-state index in [1.165, 1.54) is 36.5 Å². The zero-order chi connectivity index (χ0) is 22.1. The molecule has 0 unspecified atom stereocenters. The third kappa shape index (κ3) is 3.73. The molecule has 156 valence electrons. The molecule has 0 saturated heterocycles. The largest absolute Gasteiger partial charge is 0.465 e. The minimum atomic E-state index is -0.716. The summed E-state index contributed by atoms with van der Waals surface area (Å²) in [6.07, 6.45) is 6.38. The molecule has 4 rings (SSSR count). The van der Waals surface area contributed by atoms with Crippen molar-refractivity contribution in [1.29, 1.82) is 0 Å². The van der Waals surface area contributed by atoms with E-state index in [1.807, 2.05) is 12.1 Å². The highest BCUT2D eigenvalue weighted by molar-refractivity contribution is 7.24. The summed E-state index contributed by atoms with van der Waals surface area (Å²) in [5.41, 5.74) is 0.371. The lowest BCUT2D eigenvalue weighted by Crippen LogP contribution is -2.27. The Labute approximate surface area is 186 Å². The van der Waals surface area contributed by atoms with Crippen molar-refractivity contribution in [3.63, 3.8) is 0 Å². The first-order valence-corrected chi connectivity index (χ1v) is 10.3. The van der Waals surface area contributed by atoms with Gasteiger partial charge in [-0.2, -0.15) is 0 Å². The van der Waals surface area contributed by atoms with Crippen molar-refractivity contribution in [2.45, 2.75) is 0 Å². The van der Waals surface area contributed by atoms with E-state index in [1.54, 1.807) is 42.6 Å². The summed E-state index contributed by atoms with van der Waals surface area (Å²) >= 11 is 7.55. The number of hydrogen-bond donors (Lipinski definition) is 0. The lowest BCUT2D eigenvalue weighted by Gasteiger charge is -2.23. The Morgan fingerprint density at radius 2 is 1.61 bits per heavy atom. The summed E-state index contributed by atoms with van der Waals surface area (Å²) in [4.78, 5) is 39.6. The maximum absolute atomic E-state index is 13.2. The van der Waals surface area contributed by atoms with Gasteiger partial charge >= 0.3 is 11.9 Å². The van der Waals surface area contributed by atoms with Gasteiger partial charge in [0.15, 0.2) is 5.43 Å². The number of benzene rings is 2. The van der Waals surface area contributed by atoms with Crippen LogP contribution in [0, 0.1) is 0 Å². The number of methoxy groups -OCH3 is 2. The fourth-order valence-corrected chi connectivity index (χ4v) is 4.54. The van der Waals surface area contributed by atoms with E-state index in [-0.39, 0.29) is 16.7 Å². The van der Waals surface area contributed by atoms with Crippen molar-refractivity contribution in [2.24, 2.45) is 0 Å². The van der Waals surface area contributed by atoms with Gasteiger partial charge in [-0.15, -0.1) is 11.3 Å². The highest BCUT2D eigenvalue weighted by Gasteiger charge is 2.27. The molecule has 1 aliphatic rings. The number of ether oxygens (including phenoxy) is 2. The summed E-state index contributed by atoms with van der Waals surface area (Å²) < 4.78 is 11.4. The lowest BCUT2D eigenvalue weighted by atomic mass is 10.1. The second-order valence-corrected chi connectivity index (χ2v) is 8.09. The number of esters is 2. The maximum atomic E-state index is 13.2. The van der Waals surface area contributed by atoms with Crippen molar-refractivity contribution in [3.05, 3.63) is 87.3 Å². The number of allylic oxidation sites excluding steroid dienone is 2. The van der Waals surface area contributed by atoms with Crippen molar-refractivity contribution in [3.8, 4) is 0 Å². The third-order valence-electron chi connectivity index (χ3n) is 4.78. The van der Waals surface area contributed by atoms with Gasteiger partial charge in [0.2, 0.25) is 0 Å².